The van der Waals surface area contributed by atoms with Crippen LogP contribution in [-0.2, 0) is 38.1 Å². The topological polar surface area (TPSA) is 214 Å². The van der Waals surface area contributed by atoms with Crippen molar-refractivity contribution < 1.29 is 47.7 Å². The van der Waals surface area contributed by atoms with Crippen LogP contribution >= 0.6 is 11.3 Å². The number of carbonyl (C=O) groups is 6. The summed E-state index contributed by atoms with van der Waals surface area (Å²) < 4.78 is 19.4. The van der Waals surface area contributed by atoms with E-state index in [-0.39, 0.29) is 11.6 Å². The Morgan fingerprint density at radius 3 is 2.05 bits per heavy atom. The number of nitrogens with one attached hydrogen (secondary N) is 3. The average molecular weight is 595 g/mol. The van der Waals surface area contributed by atoms with Gasteiger partial charge >= 0.3 is 24.0 Å². The maximum Gasteiger partial charge on any atom is 0.414 e. The molecule has 0 bridgehead atoms. The van der Waals surface area contributed by atoms with Gasteiger partial charge in [-0.25, -0.2) is 24.5 Å². The molecule has 0 spiro atoms. The van der Waals surface area contributed by atoms with Crippen molar-refractivity contribution in [3.05, 3.63) is 23.5 Å². The summed E-state index contributed by atoms with van der Waals surface area (Å²) in [6.45, 7) is 6.27. The number of rotatable bonds is 11. The van der Waals surface area contributed by atoms with Crippen LogP contribution in [0, 0.1) is 0 Å². The van der Waals surface area contributed by atoms with E-state index in [1.54, 1.807) is 20.8 Å². The van der Waals surface area contributed by atoms with Gasteiger partial charge in [0.1, 0.15) is 35.6 Å². The smallest absolute Gasteiger partial charge is 0.414 e. The Balaban J connectivity index is 2.12. The molecule has 2 aromatic rings. The molecule has 3 N–H and O–H groups in total. The molecule has 0 aliphatic carbocycles. The van der Waals surface area contributed by atoms with Crippen LogP contribution in [0.15, 0.2) is 17.8 Å². The molecule has 0 saturated carbocycles. The quantitative estimate of drug-likeness (QED) is 0.243. The molecule has 2 atom stereocenters. The highest BCUT2D eigenvalue weighted by atomic mass is 32.1. The molecule has 2 rings (SSSR count). The van der Waals surface area contributed by atoms with Crippen molar-refractivity contribution in [2.75, 3.05) is 25.6 Å². The number of nitrogens with zero attached hydrogens (tertiary/aromatic N) is 3. The standard InChI is InChI=1S/C24H30N6O10S/c1-12(31)38-9-15(18(33)28-16(21(35)37-6)10-39-13(2)32)27-19(34)17-11-41-20(29-17)14-7-25-22(26-8-14)30-23(36)40-24(3,4)5/h7-8,11,15-16H,9-10H2,1-6H3,(H,27,34)(H,28,33)(H,25,26,30,36). The van der Waals surface area contributed by atoms with Crippen molar-refractivity contribution in [2.24, 2.45) is 0 Å². The summed E-state index contributed by atoms with van der Waals surface area (Å²) >= 11 is 1.08. The lowest BCUT2D eigenvalue weighted by Crippen LogP contribution is -2.55. The van der Waals surface area contributed by atoms with Crippen LogP contribution in [0.1, 0.15) is 45.1 Å². The van der Waals surface area contributed by atoms with Gasteiger partial charge < -0.3 is 29.6 Å². The molecule has 0 aliphatic rings. The summed E-state index contributed by atoms with van der Waals surface area (Å²) in [5.74, 6) is -4.04. The molecular weight excluding hydrogens is 564 g/mol. The highest BCUT2D eigenvalue weighted by molar-refractivity contribution is 7.13. The van der Waals surface area contributed by atoms with Crippen molar-refractivity contribution >= 4 is 53.1 Å². The van der Waals surface area contributed by atoms with Crippen molar-refractivity contribution in [1.82, 2.24) is 25.6 Å². The minimum absolute atomic E-state index is 0.00388. The first-order chi connectivity index (χ1) is 19.2. The lowest BCUT2D eigenvalue weighted by molar-refractivity contribution is -0.152. The zero-order valence-corrected chi connectivity index (χ0v) is 23.9. The monoisotopic (exact) mass is 594 g/mol. The molecule has 17 heteroatoms. The second-order valence-corrected chi connectivity index (χ2v) is 10.0. The van der Waals surface area contributed by atoms with Crippen molar-refractivity contribution in [3.8, 4) is 10.6 Å². The molecule has 2 unspecified atom stereocenters. The Morgan fingerprint density at radius 1 is 0.927 bits per heavy atom. The van der Waals surface area contributed by atoms with Gasteiger partial charge in [-0.15, -0.1) is 11.3 Å². The first-order valence-electron chi connectivity index (χ1n) is 11.9. The Bertz CT molecular complexity index is 1270. The van der Waals surface area contributed by atoms with E-state index in [1.807, 2.05) is 0 Å². The third-order valence-corrected chi connectivity index (χ3v) is 5.47. The second-order valence-electron chi connectivity index (χ2n) is 9.18. The molecule has 2 aromatic heterocycles. The van der Waals surface area contributed by atoms with Crippen LogP contribution in [0.4, 0.5) is 10.7 Å². The van der Waals surface area contributed by atoms with Gasteiger partial charge in [0.25, 0.3) is 5.91 Å². The van der Waals surface area contributed by atoms with Crippen LogP contribution in [0.2, 0.25) is 0 Å². The highest BCUT2D eigenvalue weighted by Crippen LogP contribution is 2.23. The predicted molar refractivity (Wildman–Crippen MR) is 141 cm³/mol. The van der Waals surface area contributed by atoms with Gasteiger partial charge in [-0.05, 0) is 20.8 Å². The van der Waals surface area contributed by atoms with Crippen LogP contribution < -0.4 is 16.0 Å². The van der Waals surface area contributed by atoms with E-state index >= 15 is 0 Å². The van der Waals surface area contributed by atoms with Crippen LogP contribution in [0.5, 0.6) is 0 Å². The van der Waals surface area contributed by atoms with Crippen LogP contribution in [-0.4, -0.2) is 88.8 Å². The Morgan fingerprint density at radius 2 is 1.51 bits per heavy atom. The maximum atomic E-state index is 12.9. The molecule has 2 heterocycles. The van der Waals surface area contributed by atoms with Gasteiger partial charge in [-0.2, -0.15) is 0 Å². The van der Waals surface area contributed by atoms with Gasteiger partial charge in [0.05, 0.1) is 7.11 Å². The fourth-order valence-electron chi connectivity index (χ4n) is 2.81. The van der Waals surface area contributed by atoms with E-state index in [2.05, 4.69) is 35.6 Å². The van der Waals surface area contributed by atoms with E-state index in [4.69, 9.17) is 14.2 Å². The Hall–Kier alpha value is -4.67. The number of carbonyl (C=O) groups excluding carboxylic acids is 6. The molecule has 0 aliphatic heterocycles. The minimum atomic E-state index is -1.44. The van der Waals surface area contributed by atoms with Gasteiger partial charge in [-0.1, -0.05) is 0 Å². The summed E-state index contributed by atoms with van der Waals surface area (Å²) in [5.41, 5.74) is -0.345. The molecule has 41 heavy (non-hydrogen) atoms. The van der Waals surface area contributed by atoms with Crippen LogP contribution in [0.25, 0.3) is 10.6 Å². The molecule has 16 nitrogen and oxygen atoms in total. The number of thiazole rings is 1. The van der Waals surface area contributed by atoms with Gasteiger partial charge in [0.2, 0.25) is 11.9 Å². The number of aromatic nitrogens is 3. The third kappa shape index (κ3) is 11.1. The summed E-state index contributed by atoms with van der Waals surface area (Å²) in [5, 5.41) is 8.85. The van der Waals surface area contributed by atoms with Gasteiger partial charge in [0, 0.05) is 37.2 Å². The molecule has 0 radical (unpaired) electrons. The van der Waals surface area contributed by atoms with E-state index in [1.165, 1.54) is 17.8 Å². The number of methoxy groups -OCH3 is 1. The first-order valence-corrected chi connectivity index (χ1v) is 12.8. The third-order valence-electron chi connectivity index (χ3n) is 4.58. The zero-order chi connectivity index (χ0) is 30.7. The van der Waals surface area contributed by atoms with Gasteiger partial charge in [-0.3, -0.25) is 24.5 Å². The first kappa shape index (κ1) is 32.5. The maximum absolute atomic E-state index is 12.9. The number of amides is 3. The van der Waals surface area contributed by atoms with Crippen molar-refractivity contribution in [1.29, 1.82) is 0 Å². The Labute approximate surface area is 238 Å². The Kier molecular flexibility index (Phi) is 11.6. The van der Waals surface area contributed by atoms with Crippen molar-refractivity contribution in [2.45, 2.75) is 52.3 Å². The predicted octanol–water partition coefficient (Wildman–Crippen LogP) is 0.830. The minimum Gasteiger partial charge on any atom is -0.467 e. The highest BCUT2D eigenvalue weighted by Gasteiger charge is 2.30. The summed E-state index contributed by atoms with van der Waals surface area (Å²) in [6, 6.07) is -2.82. The summed E-state index contributed by atoms with van der Waals surface area (Å²) in [7, 11) is 1.07. The number of hydrogen-bond acceptors (Lipinski definition) is 14. The average Bonchev–Trinajstić information content (AvgIpc) is 3.38. The summed E-state index contributed by atoms with van der Waals surface area (Å²) in [4.78, 5) is 84.4. The number of hydrogen-bond donors (Lipinski definition) is 3. The summed E-state index contributed by atoms with van der Waals surface area (Å²) in [6.07, 6.45) is 2.04. The number of esters is 3. The molecule has 0 fully saturated rings. The molecule has 0 aromatic carbocycles. The van der Waals surface area contributed by atoms with Crippen molar-refractivity contribution in [3.63, 3.8) is 0 Å². The number of anilines is 1. The molecule has 3 amide bonds. The second kappa shape index (κ2) is 14.6. The zero-order valence-electron chi connectivity index (χ0n) is 23.1. The van der Waals surface area contributed by atoms with E-state index in [0.717, 1.165) is 32.3 Å². The lowest BCUT2D eigenvalue weighted by atomic mass is 10.2. The molecular formula is C24H30N6O10S. The van der Waals surface area contributed by atoms with E-state index < -0.39 is 66.7 Å². The molecule has 0 saturated heterocycles. The van der Waals surface area contributed by atoms with Gasteiger partial charge in [0.15, 0.2) is 6.04 Å². The fraction of sp³-hybridized carbons (Fsp3) is 0.458. The lowest BCUT2D eigenvalue weighted by Gasteiger charge is -2.21. The SMILES string of the molecule is COC(=O)C(COC(C)=O)NC(=O)C(COC(C)=O)NC(=O)c1csc(-c2cnc(NC(=O)OC(C)(C)C)nc2)n1. The fourth-order valence-corrected chi connectivity index (χ4v) is 3.58. The largest absolute Gasteiger partial charge is 0.467 e. The normalized spacial score (nSPS) is 12.2. The van der Waals surface area contributed by atoms with Crippen LogP contribution in [0.3, 0.4) is 0 Å². The van der Waals surface area contributed by atoms with E-state index in [0.29, 0.717) is 10.6 Å². The molecule has 222 valence electrons. The number of ether oxygens (including phenoxy) is 4. The van der Waals surface area contributed by atoms with E-state index in [9.17, 15) is 28.8 Å².